The molecule has 0 saturated carbocycles. The fourth-order valence-corrected chi connectivity index (χ4v) is 3.81. The second-order valence-electron chi connectivity index (χ2n) is 6.77. The summed E-state index contributed by atoms with van der Waals surface area (Å²) in [5, 5.41) is 11.8. The average Bonchev–Trinajstić information content (AvgIpc) is 3.28. The van der Waals surface area contributed by atoms with E-state index in [0.717, 1.165) is 16.8 Å². The van der Waals surface area contributed by atoms with Crippen molar-refractivity contribution in [1.29, 1.82) is 0 Å². The monoisotopic (exact) mass is 385 g/mol. The van der Waals surface area contributed by atoms with E-state index in [1.807, 2.05) is 12.1 Å². The van der Waals surface area contributed by atoms with E-state index in [1.165, 1.54) is 6.33 Å². The number of nitrogens with zero attached hydrogens (tertiary/aromatic N) is 3. The number of methoxy groups -OCH3 is 3. The van der Waals surface area contributed by atoms with Gasteiger partial charge >= 0.3 is 0 Å². The second-order valence-corrected chi connectivity index (χ2v) is 6.77. The minimum Gasteiger partial charge on any atom is -0.493 e. The molecule has 0 aliphatic carbocycles. The van der Waals surface area contributed by atoms with Crippen molar-refractivity contribution in [3.63, 3.8) is 0 Å². The number of hydrogen-bond donors (Lipinski definition) is 1. The first-order valence-electron chi connectivity index (χ1n) is 9.05. The SMILES string of the molecule is COc1cc2c(N3CCC(O)(c4ccoc4)CC3)ncnc2c(OC)c1OC. The molecule has 0 bridgehead atoms. The fourth-order valence-electron chi connectivity index (χ4n) is 3.81. The standard InChI is InChI=1S/C20H23N3O5/c1-25-15-10-14-16(18(27-3)17(15)26-2)21-12-22-19(14)23-7-5-20(24,6-8-23)13-4-9-28-11-13/h4,9-12,24H,5-8H2,1-3H3. The Morgan fingerprint density at radius 1 is 1.07 bits per heavy atom. The number of fused-ring (bicyclic) bond motifs is 1. The number of benzene rings is 1. The Morgan fingerprint density at radius 3 is 2.43 bits per heavy atom. The van der Waals surface area contributed by atoms with Gasteiger partial charge in [0.1, 0.15) is 17.7 Å². The molecule has 1 aliphatic rings. The molecule has 0 spiro atoms. The number of hydrogen-bond acceptors (Lipinski definition) is 8. The first-order chi connectivity index (χ1) is 13.6. The van der Waals surface area contributed by atoms with E-state index in [-0.39, 0.29) is 0 Å². The highest BCUT2D eigenvalue weighted by Crippen LogP contribution is 2.45. The van der Waals surface area contributed by atoms with Gasteiger partial charge in [0.2, 0.25) is 5.75 Å². The highest BCUT2D eigenvalue weighted by Gasteiger charge is 2.36. The summed E-state index contributed by atoms with van der Waals surface area (Å²) in [4.78, 5) is 11.1. The predicted octanol–water partition coefficient (Wildman–Crippen LogP) is 2.74. The molecule has 1 fully saturated rings. The topological polar surface area (TPSA) is 90.1 Å². The molecular formula is C20H23N3O5. The summed E-state index contributed by atoms with van der Waals surface area (Å²) >= 11 is 0. The van der Waals surface area contributed by atoms with Gasteiger partial charge in [0.15, 0.2) is 11.5 Å². The summed E-state index contributed by atoms with van der Waals surface area (Å²) in [6, 6.07) is 3.68. The molecule has 8 heteroatoms. The number of furan rings is 1. The number of aliphatic hydroxyl groups is 1. The second kappa shape index (κ2) is 7.20. The highest BCUT2D eigenvalue weighted by atomic mass is 16.5. The molecule has 8 nitrogen and oxygen atoms in total. The Kier molecular flexibility index (Phi) is 4.72. The van der Waals surface area contributed by atoms with Crippen LogP contribution in [0, 0.1) is 0 Å². The Balaban J connectivity index is 1.72. The molecule has 0 unspecified atom stereocenters. The molecule has 3 heterocycles. The Morgan fingerprint density at radius 2 is 1.82 bits per heavy atom. The van der Waals surface area contributed by atoms with Gasteiger partial charge in [0.05, 0.1) is 44.8 Å². The van der Waals surface area contributed by atoms with E-state index in [4.69, 9.17) is 18.6 Å². The molecule has 1 aliphatic heterocycles. The zero-order chi connectivity index (χ0) is 19.7. The first-order valence-corrected chi connectivity index (χ1v) is 9.05. The first kappa shape index (κ1) is 18.4. The Bertz CT molecular complexity index is 966. The lowest BCUT2D eigenvalue weighted by atomic mass is 9.86. The number of piperidine rings is 1. The maximum absolute atomic E-state index is 11.0. The van der Waals surface area contributed by atoms with Crippen LogP contribution in [0.1, 0.15) is 18.4 Å². The highest BCUT2D eigenvalue weighted by molar-refractivity contribution is 5.97. The third-order valence-electron chi connectivity index (χ3n) is 5.36. The third-order valence-corrected chi connectivity index (χ3v) is 5.36. The molecule has 1 aromatic carbocycles. The minimum atomic E-state index is -0.884. The fraction of sp³-hybridized carbons (Fsp3) is 0.400. The van der Waals surface area contributed by atoms with Crippen molar-refractivity contribution in [1.82, 2.24) is 9.97 Å². The summed E-state index contributed by atoms with van der Waals surface area (Å²) in [5.74, 6) is 2.33. The lowest BCUT2D eigenvalue weighted by molar-refractivity contribution is 0.0112. The molecule has 1 N–H and O–H groups in total. The molecule has 0 radical (unpaired) electrons. The van der Waals surface area contributed by atoms with Crippen LogP contribution < -0.4 is 19.1 Å². The van der Waals surface area contributed by atoms with E-state index < -0.39 is 5.60 Å². The smallest absolute Gasteiger partial charge is 0.205 e. The van der Waals surface area contributed by atoms with Crippen molar-refractivity contribution < 1.29 is 23.7 Å². The average molecular weight is 385 g/mol. The predicted molar refractivity (Wildman–Crippen MR) is 103 cm³/mol. The van der Waals surface area contributed by atoms with Crippen molar-refractivity contribution in [3.8, 4) is 17.2 Å². The van der Waals surface area contributed by atoms with Crippen molar-refractivity contribution >= 4 is 16.7 Å². The van der Waals surface area contributed by atoms with Crippen LogP contribution in [-0.2, 0) is 5.60 Å². The van der Waals surface area contributed by atoms with Crippen molar-refractivity contribution in [2.45, 2.75) is 18.4 Å². The number of rotatable bonds is 5. The van der Waals surface area contributed by atoms with Crippen LogP contribution in [0.25, 0.3) is 10.9 Å². The summed E-state index contributed by atoms with van der Waals surface area (Å²) in [6.07, 6.45) is 5.86. The zero-order valence-electron chi connectivity index (χ0n) is 16.1. The van der Waals surface area contributed by atoms with Crippen LogP contribution in [0.2, 0.25) is 0 Å². The molecule has 0 amide bonds. The van der Waals surface area contributed by atoms with Crippen LogP contribution in [0.5, 0.6) is 17.2 Å². The van der Waals surface area contributed by atoms with E-state index in [0.29, 0.717) is 48.7 Å². The molecule has 148 valence electrons. The van der Waals surface area contributed by atoms with Crippen LogP contribution >= 0.6 is 0 Å². The van der Waals surface area contributed by atoms with Crippen molar-refractivity contribution in [2.24, 2.45) is 0 Å². The summed E-state index contributed by atoms with van der Waals surface area (Å²) in [6.45, 7) is 1.29. The van der Waals surface area contributed by atoms with Crippen LogP contribution in [0.3, 0.4) is 0 Å². The maximum Gasteiger partial charge on any atom is 0.205 e. The number of ether oxygens (including phenoxy) is 3. The van der Waals surface area contributed by atoms with Gasteiger partial charge < -0.3 is 28.6 Å². The molecule has 4 rings (SSSR count). The van der Waals surface area contributed by atoms with Gasteiger partial charge in [0.25, 0.3) is 0 Å². The quantitative estimate of drug-likeness (QED) is 0.717. The largest absolute Gasteiger partial charge is 0.493 e. The van der Waals surface area contributed by atoms with Crippen LogP contribution in [0.15, 0.2) is 35.4 Å². The zero-order valence-corrected chi connectivity index (χ0v) is 16.1. The molecular weight excluding hydrogens is 362 g/mol. The van der Waals surface area contributed by atoms with Crippen LogP contribution in [-0.4, -0.2) is 49.5 Å². The van der Waals surface area contributed by atoms with Gasteiger partial charge in [-0.2, -0.15) is 0 Å². The summed E-state index contributed by atoms with van der Waals surface area (Å²) < 4.78 is 21.6. The summed E-state index contributed by atoms with van der Waals surface area (Å²) in [7, 11) is 4.72. The Hall–Kier alpha value is -3.00. The third kappa shape index (κ3) is 2.90. The van der Waals surface area contributed by atoms with Gasteiger partial charge in [-0.25, -0.2) is 9.97 Å². The molecule has 1 saturated heterocycles. The van der Waals surface area contributed by atoms with Gasteiger partial charge in [-0.15, -0.1) is 0 Å². The van der Waals surface area contributed by atoms with Crippen molar-refractivity contribution in [3.05, 3.63) is 36.5 Å². The molecule has 2 aromatic heterocycles. The Labute approximate surface area is 162 Å². The molecule has 0 atom stereocenters. The normalized spacial score (nSPS) is 16.2. The lowest BCUT2D eigenvalue weighted by Gasteiger charge is -2.38. The molecule has 28 heavy (non-hydrogen) atoms. The van der Waals surface area contributed by atoms with E-state index in [2.05, 4.69) is 14.9 Å². The van der Waals surface area contributed by atoms with Gasteiger partial charge in [-0.1, -0.05) is 0 Å². The number of anilines is 1. The van der Waals surface area contributed by atoms with E-state index >= 15 is 0 Å². The van der Waals surface area contributed by atoms with Gasteiger partial charge in [-0.3, -0.25) is 0 Å². The minimum absolute atomic E-state index is 0.495. The van der Waals surface area contributed by atoms with Crippen LogP contribution in [0.4, 0.5) is 5.82 Å². The van der Waals surface area contributed by atoms with E-state index in [1.54, 1.807) is 33.9 Å². The molecule has 3 aromatic rings. The van der Waals surface area contributed by atoms with E-state index in [9.17, 15) is 5.11 Å². The number of aromatic nitrogens is 2. The van der Waals surface area contributed by atoms with Gasteiger partial charge in [-0.05, 0) is 25.0 Å². The van der Waals surface area contributed by atoms with Gasteiger partial charge in [0, 0.05) is 18.7 Å². The van der Waals surface area contributed by atoms with Crippen molar-refractivity contribution in [2.75, 3.05) is 39.3 Å². The maximum atomic E-state index is 11.0. The lowest BCUT2D eigenvalue weighted by Crippen LogP contribution is -2.42. The summed E-state index contributed by atoms with van der Waals surface area (Å²) in [5.41, 5.74) is 0.582.